The number of hydrogen-bond acceptors (Lipinski definition) is 4. The molecule has 0 aromatic carbocycles. The Bertz CT molecular complexity index is 316. The Morgan fingerprint density at radius 2 is 2.00 bits per heavy atom. The van der Waals surface area contributed by atoms with Gasteiger partial charge in [-0.25, -0.2) is 9.97 Å². The van der Waals surface area contributed by atoms with E-state index in [1.54, 1.807) is 0 Å². The summed E-state index contributed by atoms with van der Waals surface area (Å²) in [7, 11) is 1.90. The van der Waals surface area contributed by atoms with Gasteiger partial charge in [0.1, 0.15) is 17.5 Å². The van der Waals surface area contributed by atoms with Crippen LogP contribution >= 0.6 is 0 Å². The van der Waals surface area contributed by atoms with Crippen molar-refractivity contribution in [2.75, 3.05) is 30.4 Å². The Morgan fingerprint density at radius 3 is 2.53 bits per heavy atom. The van der Waals surface area contributed by atoms with E-state index in [-0.39, 0.29) is 0 Å². The second-order valence-corrected chi connectivity index (χ2v) is 4.06. The van der Waals surface area contributed by atoms with Gasteiger partial charge in [0.15, 0.2) is 0 Å². The number of unbranched alkanes of at least 4 members (excludes halogenated alkanes) is 1. The van der Waals surface area contributed by atoms with Crippen LogP contribution in [0.2, 0.25) is 0 Å². The molecule has 0 aliphatic carbocycles. The first kappa shape index (κ1) is 13.7. The van der Waals surface area contributed by atoms with E-state index in [1.165, 1.54) is 12.8 Å². The summed E-state index contributed by atoms with van der Waals surface area (Å²) in [6.07, 6.45) is 3.28. The number of aromatic nitrogens is 2. The van der Waals surface area contributed by atoms with Gasteiger partial charge in [-0.2, -0.15) is 0 Å². The van der Waals surface area contributed by atoms with Crippen LogP contribution in [0.25, 0.3) is 0 Å². The number of nitrogens with zero attached hydrogens (tertiary/aromatic N) is 3. The Morgan fingerprint density at radius 1 is 1.24 bits per heavy atom. The van der Waals surface area contributed by atoms with Crippen LogP contribution in [0.15, 0.2) is 6.07 Å². The summed E-state index contributed by atoms with van der Waals surface area (Å²) in [5.74, 6) is 2.85. The lowest BCUT2D eigenvalue weighted by Crippen LogP contribution is -2.25. The summed E-state index contributed by atoms with van der Waals surface area (Å²) in [6, 6.07) is 2.03. The van der Waals surface area contributed by atoms with E-state index in [0.29, 0.717) is 0 Å². The third-order valence-corrected chi connectivity index (χ3v) is 2.82. The normalized spacial score (nSPS) is 10.4. The maximum atomic E-state index is 4.60. The summed E-state index contributed by atoms with van der Waals surface area (Å²) in [5.41, 5.74) is 0. The smallest absolute Gasteiger partial charge is 0.134 e. The van der Waals surface area contributed by atoms with Gasteiger partial charge in [-0.15, -0.1) is 0 Å². The van der Waals surface area contributed by atoms with Crippen LogP contribution in [0, 0.1) is 0 Å². The first-order chi connectivity index (χ1) is 8.24. The van der Waals surface area contributed by atoms with Gasteiger partial charge in [0, 0.05) is 32.6 Å². The summed E-state index contributed by atoms with van der Waals surface area (Å²) in [4.78, 5) is 11.3. The monoisotopic (exact) mass is 236 g/mol. The molecule has 0 radical (unpaired) electrons. The van der Waals surface area contributed by atoms with Crippen molar-refractivity contribution in [1.29, 1.82) is 0 Å². The Kier molecular flexibility index (Phi) is 5.73. The fourth-order valence-electron chi connectivity index (χ4n) is 1.71. The summed E-state index contributed by atoms with van der Waals surface area (Å²) >= 11 is 0. The molecule has 1 heterocycles. The molecule has 1 aromatic rings. The van der Waals surface area contributed by atoms with Crippen LogP contribution in [0.1, 0.15) is 39.4 Å². The average molecular weight is 236 g/mol. The second-order valence-electron chi connectivity index (χ2n) is 4.06. The van der Waals surface area contributed by atoms with Gasteiger partial charge in [-0.3, -0.25) is 0 Å². The van der Waals surface area contributed by atoms with Gasteiger partial charge >= 0.3 is 0 Å². The van der Waals surface area contributed by atoms with Crippen molar-refractivity contribution >= 4 is 11.6 Å². The van der Waals surface area contributed by atoms with Gasteiger partial charge < -0.3 is 10.2 Å². The van der Waals surface area contributed by atoms with Crippen molar-refractivity contribution < 1.29 is 0 Å². The van der Waals surface area contributed by atoms with Crippen molar-refractivity contribution in [2.45, 2.75) is 40.0 Å². The summed E-state index contributed by atoms with van der Waals surface area (Å²) in [6.45, 7) is 8.52. The van der Waals surface area contributed by atoms with Crippen LogP contribution in [0.5, 0.6) is 0 Å². The van der Waals surface area contributed by atoms with Crippen LogP contribution < -0.4 is 10.2 Å². The highest BCUT2D eigenvalue weighted by molar-refractivity contribution is 5.49. The van der Waals surface area contributed by atoms with E-state index in [0.717, 1.165) is 37.0 Å². The van der Waals surface area contributed by atoms with Gasteiger partial charge in [0.05, 0.1) is 0 Å². The van der Waals surface area contributed by atoms with E-state index in [1.807, 2.05) is 13.1 Å². The maximum Gasteiger partial charge on any atom is 0.134 e. The molecular weight excluding hydrogens is 212 g/mol. The highest BCUT2D eigenvalue weighted by Crippen LogP contribution is 2.16. The van der Waals surface area contributed by atoms with Gasteiger partial charge in [-0.05, 0) is 13.3 Å². The average Bonchev–Trinajstić information content (AvgIpc) is 2.39. The topological polar surface area (TPSA) is 41.0 Å². The Balaban J connectivity index is 2.92. The fourth-order valence-corrected chi connectivity index (χ4v) is 1.71. The third kappa shape index (κ3) is 3.88. The molecule has 4 nitrogen and oxygen atoms in total. The largest absolute Gasteiger partial charge is 0.373 e. The van der Waals surface area contributed by atoms with E-state index in [4.69, 9.17) is 0 Å². The minimum atomic E-state index is 0.869. The molecule has 0 saturated carbocycles. The molecular formula is C13H24N4. The molecule has 1 rings (SSSR count). The number of nitrogens with one attached hydrogen (secondary N) is 1. The van der Waals surface area contributed by atoms with Crippen molar-refractivity contribution in [3.63, 3.8) is 0 Å². The lowest BCUT2D eigenvalue weighted by molar-refractivity contribution is 0.719. The number of hydrogen-bond donors (Lipinski definition) is 1. The molecule has 0 saturated heterocycles. The molecule has 17 heavy (non-hydrogen) atoms. The Labute approximate surface area is 104 Å². The van der Waals surface area contributed by atoms with Crippen molar-refractivity contribution in [3.8, 4) is 0 Å². The number of anilines is 2. The molecule has 96 valence electrons. The molecule has 1 N–H and O–H groups in total. The lowest BCUT2D eigenvalue weighted by Gasteiger charge is -2.22. The van der Waals surface area contributed by atoms with Crippen LogP contribution in [-0.2, 0) is 6.42 Å². The SMILES string of the molecule is CCCCN(CC)c1cc(NC)nc(CC)n1. The summed E-state index contributed by atoms with van der Waals surface area (Å²) < 4.78 is 0. The van der Waals surface area contributed by atoms with Gasteiger partial charge in [0.25, 0.3) is 0 Å². The highest BCUT2D eigenvalue weighted by atomic mass is 15.2. The van der Waals surface area contributed by atoms with E-state index < -0.39 is 0 Å². The van der Waals surface area contributed by atoms with Gasteiger partial charge in [-0.1, -0.05) is 20.3 Å². The zero-order valence-electron chi connectivity index (χ0n) is 11.5. The van der Waals surface area contributed by atoms with Crippen LogP contribution in [0.3, 0.4) is 0 Å². The van der Waals surface area contributed by atoms with Crippen molar-refractivity contribution in [1.82, 2.24) is 9.97 Å². The lowest BCUT2D eigenvalue weighted by atomic mass is 10.3. The van der Waals surface area contributed by atoms with Gasteiger partial charge in [0.2, 0.25) is 0 Å². The zero-order chi connectivity index (χ0) is 12.7. The standard InChI is InChI=1S/C13H24N4/c1-5-8-9-17(7-3)13-10-12(14-4)15-11(6-2)16-13/h10H,5-9H2,1-4H3,(H,14,15,16). The van der Waals surface area contributed by atoms with Crippen LogP contribution in [-0.4, -0.2) is 30.1 Å². The molecule has 0 aliphatic rings. The first-order valence-corrected chi connectivity index (χ1v) is 6.55. The minimum absolute atomic E-state index is 0.869. The number of aryl methyl sites for hydroxylation is 1. The van der Waals surface area contributed by atoms with Crippen molar-refractivity contribution in [2.24, 2.45) is 0 Å². The second kappa shape index (κ2) is 7.09. The molecule has 0 fully saturated rings. The fraction of sp³-hybridized carbons (Fsp3) is 0.692. The molecule has 1 aromatic heterocycles. The molecule has 0 unspecified atom stereocenters. The zero-order valence-corrected chi connectivity index (χ0v) is 11.5. The van der Waals surface area contributed by atoms with E-state index in [9.17, 15) is 0 Å². The van der Waals surface area contributed by atoms with Crippen molar-refractivity contribution in [3.05, 3.63) is 11.9 Å². The summed E-state index contributed by atoms with van der Waals surface area (Å²) in [5, 5.41) is 3.10. The Hall–Kier alpha value is -1.32. The molecule has 0 amide bonds. The quantitative estimate of drug-likeness (QED) is 0.790. The molecule has 0 atom stereocenters. The van der Waals surface area contributed by atoms with Crippen LogP contribution in [0.4, 0.5) is 11.6 Å². The molecule has 0 bridgehead atoms. The predicted octanol–water partition coefficient (Wildman–Crippen LogP) is 2.71. The highest BCUT2D eigenvalue weighted by Gasteiger charge is 2.08. The van der Waals surface area contributed by atoms with E-state index >= 15 is 0 Å². The molecule has 0 spiro atoms. The third-order valence-electron chi connectivity index (χ3n) is 2.82. The minimum Gasteiger partial charge on any atom is -0.373 e. The molecule has 0 aliphatic heterocycles. The molecule has 4 heteroatoms. The predicted molar refractivity (Wildman–Crippen MR) is 73.8 cm³/mol. The maximum absolute atomic E-state index is 4.60. The number of rotatable bonds is 7. The first-order valence-electron chi connectivity index (χ1n) is 6.55. The van der Waals surface area contributed by atoms with E-state index in [2.05, 4.69) is 41.0 Å².